The van der Waals surface area contributed by atoms with Crippen LogP contribution in [0.2, 0.25) is 0 Å². The summed E-state index contributed by atoms with van der Waals surface area (Å²) in [6.07, 6.45) is 9.14. The largest absolute Gasteiger partial charge is 0.493 e. The third-order valence-corrected chi connectivity index (χ3v) is 4.44. The lowest BCUT2D eigenvalue weighted by atomic mass is 9.93. The molecule has 2 nitrogen and oxygen atoms in total. The Morgan fingerprint density at radius 2 is 1.90 bits per heavy atom. The molecule has 1 aromatic carbocycles. The van der Waals surface area contributed by atoms with Crippen LogP contribution in [0.4, 0.5) is 0 Å². The summed E-state index contributed by atoms with van der Waals surface area (Å²) in [5.74, 6) is 1.96. The molecule has 0 radical (unpaired) electrons. The number of hydrogen-bond donors (Lipinski definition) is 1. The van der Waals surface area contributed by atoms with Crippen molar-refractivity contribution in [2.45, 2.75) is 64.8 Å². The molecule has 0 spiro atoms. The maximum Gasteiger partial charge on any atom is 0.124 e. The Labute approximate surface area is 130 Å². The van der Waals surface area contributed by atoms with Crippen molar-refractivity contribution >= 4 is 0 Å². The first-order valence-corrected chi connectivity index (χ1v) is 8.80. The lowest BCUT2D eigenvalue weighted by Gasteiger charge is -2.24. The predicted octanol–water partition coefficient (Wildman–Crippen LogP) is 5.10. The van der Waals surface area contributed by atoms with E-state index in [4.69, 9.17) is 4.74 Å². The molecule has 1 aliphatic rings. The van der Waals surface area contributed by atoms with Crippen LogP contribution in [0, 0.1) is 5.92 Å². The summed E-state index contributed by atoms with van der Waals surface area (Å²) in [5, 5.41) is 3.75. The van der Waals surface area contributed by atoms with Gasteiger partial charge < -0.3 is 10.1 Å². The molecule has 0 bridgehead atoms. The van der Waals surface area contributed by atoms with E-state index in [-0.39, 0.29) is 0 Å². The highest BCUT2D eigenvalue weighted by atomic mass is 16.5. The maximum atomic E-state index is 5.97. The molecule has 0 aromatic heterocycles. The molecule has 118 valence electrons. The Bertz CT molecular complexity index is 398. The Morgan fingerprint density at radius 1 is 1.14 bits per heavy atom. The molecule has 0 amide bonds. The van der Waals surface area contributed by atoms with Crippen LogP contribution in [-0.2, 0) is 0 Å². The zero-order valence-electron chi connectivity index (χ0n) is 13.7. The molecule has 1 fully saturated rings. The second-order valence-electron chi connectivity index (χ2n) is 6.28. The molecule has 0 heterocycles. The highest BCUT2D eigenvalue weighted by molar-refractivity contribution is 5.36. The molecular weight excluding hydrogens is 258 g/mol. The molecule has 0 aliphatic heterocycles. The van der Waals surface area contributed by atoms with Crippen LogP contribution < -0.4 is 10.1 Å². The minimum Gasteiger partial charge on any atom is -0.493 e. The summed E-state index contributed by atoms with van der Waals surface area (Å²) < 4.78 is 5.97. The monoisotopic (exact) mass is 289 g/mol. The molecule has 1 unspecified atom stereocenters. The van der Waals surface area contributed by atoms with Gasteiger partial charge in [0.15, 0.2) is 0 Å². The first-order valence-electron chi connectivity index (χ1n) is 8.80. The molecule has 2 rings (SSSR count). The lowest BCUT2D eigenvalue weighted by molar-refractivity contribution is 0.304. The molecule has 1 N–H and O–H groups in total. The van der Waals surface area contributed by atoms with Gasteiger partial charge in [0.25, 0.3) is 0 Å². The Kier molecular flexibility index (Phi) is 7.08. The maximum absolute atomic E-state index is 5.97. The standard InChI is InChI=1S/C19H31NO/c1-3-13-20-18(15-16-9-5-6-10-16)17-11-7-8-12-19(17)21-14-4-2/h7-8,11-12,16,18,20H,3-6,9-10,13-15H2,1-2H3. The van der Waals surface area contributed by atoms with E-state index in [1.165, 1.54) is 44.1 Å². The molecule has 1 aromatic rings. The zero-order valence-corrected chi connectivity index (χ0v) is 13.7. The predicted molar refractivity (Wildman–Crippen MR) is 89.8 cm³/mol. The summed E-state index contributed by atoms with van der Waals surface area (Å²) in [6, 6.07) is 9.04. The van der Waals surface area contributed by atoms with Gasteiger partial charge in [0, 0.05) is 11.6 Å². The van der Waals surface area contributed by atoms with Gasteiger partial charge in [-0.2, -0.15) is 0 Å². The van der Waals surface area contributed by atoms with Crippen molar-refractivity contribution in [2.24, 2.45) is 5.92 Å². The van der Waals surface area contributed by atoms with Crippen molar-refractivity contribution in [1.29, 1.82) is 0 Å². The smallest absolute Gasteiger partial charge is 0.124 e. The molecule has 21 heavy (non-hydrogen) atoms. The van der Waals surface area contributed by atoms with Crippen molar-refractivity contribution in [3.8, 4) is 5.75 Å². The van der Waals surface area contributed by atoms with Gasteiger partial charge in [0.2, 0.25) is 0 Å². The third kappa shape index (κ3) is 5.03. The van der Waals surface area contributed by atoms with Crippen LogP contribution in [0.15, 0.2) is 24.3 Å². The minimum atomic E-state index is 0.445. The van der Waals surface area contributed by atoms with Gasteiger partial charge in [-0.1, -0.05) is 57.7 Å². The van der Waals surface area contributed by atoms with Crippen LogP contribution in [0.3, 0.4) is 0 Å². The number of para-hydroxylation sites is 1. The SMILES string of the molecule is CCCNC(CC1CCCC1)c1ccccc1OCCC. The summed E-state index contributed by atoms with van der Waals surface area (Å²) in [6.45, 7) is 6.29. The van der Waals surface area contributed by atoms with Gasteiger partial charge in [0.05, 0.1) is 6.61 Å². The van der Waals surface area contributed by atoms with E-state index in [0.717, 1.165) is 31.2 Å². The Morgan fingerprint density at radius 3 is 2.62 bits per heavy atom. The van der Waals surface area contributed by atoms with E-state index in [0.29, 0.717) is 6.04 Å². The number of benzene rings is 1. The van der Waals surface area contributed by atoms with E-state index >= 15 is 0 Å². The van der Waals surface area contributed by atoms with Crippen LogP contribution in [0.25, 0.3) is 0 Å². The highest BCUT2D eigenvalue weighted by Crippen LogP contribution is 2.35. The van der Waals surface area contributed by atoms with Crippen molar-refractivity contribution < 1.29 is 4.74 Å². The summed E-state index contributed by atoms with van der Waals surface area (Å²) >= 11 is 0. The van der Waals surface area contributed by atoms with Crippen LogP contribution in [0.1, 0.15) is 70.4 Å². The van der Waals surface area contributed by atoms with Crippen LogP contribution in [0.5, 0.6) is 5.75 Å². The summed E-state index contributed by atoms with van der Waals surface area (Å²) in [7, 11) is 0. The quantitative estimate of drug-likeness (QED) is 0.683. The van der Waals surface area contributed by atoms with Gasteiger partial charge >= 0.3 is 0 Å². The van der Waals surface area contributed by atoms with Crippen molar-refractivity contribution in [3.05, 3.63) is 29.8 Å². The molecule has 0 saturated heterocycles. The first kappa shape index (κ1) is 16.4. The van der Waals surface area contributed by atoms with Crippen molar-refractivity contribution in [3.63, 3.8) is 0 Å². The average molecular weight is 289 g/mol. The van der Waals surface area contributed by atoms with E-state index in [1.807, 2.05) is 0 Å². The molecular formula is C19H31NO. The van der Waals surface area contributed by atoms with Crippen LogP contribution >= 0.6 is 0 Å². The number of ether oxygens (including phenoxy) is 1. The van der Waals surface area contributed by atoms with Gasteiger partial charge in [-0.05, 0) is 37.8 Å². The summed E-state index contributed by atoms with van der Waals surface area (Å²) in [4.78, 5) is 0. The normalized spacial score (nSPS) is 17.0. The zero-order chi connectivity index (χ0) is 14.9. The van der Waals surface area contributed by atoms with Crippen molar-refractivity contribution in [1.82, 2.24) is 5.32 Å². The topological polar surface area (TPSA) is 21.3 Å². The molecule has 1 atom stereocenters. The fourth-order valence-electron chi connectivity index (χ4n) is 3.33. The minimum absolute atomic E-state index is 0.445. The number of rotatable bonds is 9. The molecule has 2 heteroatoms. The third-order valence-electron chi connectivity index (χ3n) is 4.44. The van der Waals surface area contributed by atoms with E-state index < -0.39 is 0 Å². The number of hydrogen-bond acceptors (Lipinski definition) is 2. The number of nitrogens with one attached hydrogen (secondary N) is 1. The van der Waals surface area contributed by atoms with E-state index in [9.17, 15) is 0 Å². The van der Waals surface area contributed by atoms with Gasteiger partial charge in [-0.25, -0.2) is 0 Å². The lowest BCUT2D eigenvalue weighted by Crippen LogP contribution is -2.24. The van der Waals surface area contributed by atoms with E-state index in [2.05, 4.69) is 43.4 Å². The van der Waals surface area contributed by atoms with Crippen molar-refractivity contribution in [2.75, 3.05) is 13.2 Å². The molecule has 1 saturated carbocycles. The summed E-state index contributed by atoms with van der Waals surface area (Å²) in [5.41, 5.74) is 1.35. The van der Waals surface area contributed by atoms with Crippen LogP contribution in [-0.4, -0.2) is 13.2 Å². The average Bonchev–Trinajstić information content (AvgIpc) is 3.03. The van der Waals surface area contributed by atoms with Gasteiger partial charge in [0.1, 0.15) is 5.75 Å². The second kappa shape index (κ2) is 9.09. The van der Waals surface area contributed by atoms with Gasteiger partial charge in [-0.15, -0.1) is 0 Å². The fraction of sp³-hybridized carbons (Fsp3) is 0.684. The first-order chi connectivity index (χ1) is 10.3. The second-order valence-corrected chi connectivity index (χ2v) is 6.28. The van der Waals surface area contributed by atoms with Gasteiger partial charge in [-0.3, -0.25) is 0 Å². The fourth-order valence-corrected chi connectivity index (χ4v) is 3.33. The highest BCUT2D eigenvalue weighted by Gasteiger charge is 2.22. The molecule has 1 aliphatic carbocycles. The Balaban J connectivity index is 2.10. The Hall–Kier alpha value is -1.02. The van der Waals surface area contributed by atoms with E-state index in [1.54, 1.807) is 0 Å².